The Morgan fingerprint density at radius 3 is 2.83 bits per heavy atom. The Bertz CT molecular complexity index is 626. The van der Waals surface area contributed by atoms with Crippen LogP contribution in [-0.2, 0) is 5.75 Å². The van der Waals surface area contributed by atoms with Crippen LogP contribution >= 0.6 is 23.1 Å². The number of nitrogens with zero attached hydrogens (tertiary/aromatic N) is 2. The van der Waals surface area contributed by atoms with Crippen molar-refractivity contribution >= 4 is 33.3 Å². The summed E-state index contributed by atoms with van der Waals surface area (Å²) in [7, 11) is 0. The lowest BCUT2D eigenvalue weighted by atomic mass is 10.3. The van der Waals surface area contributed by atoms with Crippen molar-refractivity contribution in [1.82, 2.24) is 9.97 Å². The van der Waals surface area contributed by atoms with E-state index in [4.69, 9.17) is 0 Å². The number of aromatic nitrogens is 2. The topological polar surface area (TPSA) is 25.8 Å². The van der Waals surface area contributed by atoms with E-state index in [1.54, 1.807) is 23.1 Å². The van der Waals surface area contributed by atoms with Crippen LogP contribution < -0.4 is 0 Å². The molecule has 0 amide bonds. The van der Waals surface area contributed by atoms with Crippen molar-refractivity contribution in [2.75, 3.05) is 0 Å². The maximum atomic E-state index is 4.60. The van der Waals surface area contributed by atoms with Gasteiger partial charge in [-0.3, -0.25) is 4.98 Å². The minimum Gasteiger partial charge on any atom is -0.260 e. The van der Waals surface area contributed by atoms with Crippen LogP contribution in [0.15, 0.2) is 46.9 Å². The normalized spacial score (nSPS) is 10.9. The second kappa shape index (κ2) is 5.08. The predicted molar refractivity (Wildman–Crippen MR) is 78.2 cm³/mol. The predicted octanol–water partition coefficient (Wildman–Crippen LogP) is 4.29. The van der Waals surface area contributed by atoms with Gasteiger partial charge in [0.05, 0.1) is 15.9 Å². The lowest BCUT2D eigenvalue weighted by molar-refractivity contribution is 1.15. The second-order valence-electron chi connectivity index (χ2n) is 4.06. The first-order valence-electron chi connectivity index (χ1n) is 5.71. The average molecular weight is 272 g/mol. The molecule has 0 N–H and O–H groups in total. The molecule has 0 unspecified atom stereocenters. The summed E-state index contributed by atoms with van der Waals surface area (Å²) in [5.41, 5.74) is 3.38. The largest absolute Gasteiger partial charge is 0.260 e. The highest BCUT2D eigenvalue weighted by molar-refractivity contribution is 8.00. The molecule has 3 aromatic rings. The summed E-state index contributed by atoms with van der Waals surface area (Å²) in [5.74, 6) is 0.875. The van der Waals surface area contributed by atoms with Crippen LogP contribution in [0.4, 0.5) is 0 Å². The molecule has 0 bridgehead atoms. The molecule has 0 fully saturated rings. The number of hydrogen-bond acceptors (Lipinski definition) is 4. The van der Waals surface area contributed by atoms with Gasteiger partial charge < -0.3 is 0 Å². The number of para-hydroxylation sites is 1. The molecule has 1 aromatic carbocycles. The summed E-state index contributed by atoms with van der Waals surface area (Å²) < 4.78 is 2.36. The third kappa shape index (κ3) is 2.54. The van der Waals surface area contributed by atoms with E-state index in [-0.39, 0.29) is 0 Å². The molecule has 3 rings (SSSR count). The Hall–Kier alpha value is -1.39. The first-order valence-corrected chi connectivity index (χ1v) is 7.51. The van der Waals surface area contributed by atoms with Gasteiger partial charge in [0, 0.05) is 11.9 Å². The summed E-state index contributed by atoms with van der Waals surface area (Å²) in [6.07, 6.45) is 1.91. The number of hydrogen-bond donors (Lipinski definition) is 0. The third-order valence-corrected chi connectivity index (χ3v) is 4.80. The van der Waals surface area contributed by atoms with E-state index in [1.807, 2.05) is 12.3 Å². The van der Waals surface area contributed by atoms with Crippen molar-refractivity contribution in [1.29, 1.82) is 0 Å². The van der Waals surface area contributed by atoms with Crippen LogP contribution in [0.25, 0.3) is 10.2 Å². The van der Waals surface area contributed by atoms with Gasteiger partial charge in [0.25, 0.3) is 0 Å². The zero-order valence-electron chi connectivity index (χ0n) is 9.96. The molecule has 0 saturated carbocycles. The fourth-order valence-electron chi connectivity index (χ4n) is 1.63. The number of benzene rings is 1. The molecule has 18 heavy (non-hydrogen) atoms. The molecule has 0 spiro atoms. The van der Waals surface area contributed by atoms with Gasteiger partial charge in [0.1, 0.15) is 0 Å². The van der Waals surface area contributed by atoms with Crippen molar-refractivity contribution in [3.8, 4) is 0 Å². The molecular weight excluding hydrogens is 260 g/mol. The molecule has 0 atom stereocenters. The van der Waals surface area contributed by atoms with E-state index in [2.05, 4.69) is 47.2 Å². The molecule has 2 aromatic heterocycles. The Balaban J connectivity index is 1.74. The van der Waals surface area contributed by atoms with E-state index in [0.717, 1.165) is 21.3 Å². The van der Waals surface area contributed by atoms with Crippen molar-refractivity contribution in [3.05, 3.63) is 53.9 Å². The fraction of sp³-hybridized carbons (Fsp3) is 0.143. The molecular formula is C14H12N2S2. The number of thioether (sulfide) groups is 1. The van der Waals surface area contributed by atoms with E-state index < -0.39 is 0 Å². The first-order chi connectivity index (χ1) is 8.81. The Labute approximate surface area is 114 Å². The monoisotopic (exact) mass is 272 g/mol. The lowest BCUT2D eigenvalue weighted by Gasteiger charge is -1.98. The Kier molecular flexibility index (Phi) is 3.30. The molecule has 0 aliphatic heterocycles. The number of aryl methyl sites for hydroxylation is 1. The molecule has 0 saturated heterocycles. The minimum atomic E-state index is 0.875. The molecule has 0 aliphatic carbocycles. The molecule has 0 aliphatic rings. The lowest BCUT2D eigenvalue weighted by Crippen LogP contribution is -1.86. The van der Waals surface area contributed by atoms with E-state index >= 15 is 0 Å². The van der Waals surface area contributed by atoms with Gasteiger partial charge in [-0.1, -0.05) is 30.0 Å². The number of pyridine rings is 1. The highest BCUT2D eigenvalue weighted by atomic mass is 32.2. The SMILES string of the molecule is Cc1ccc(CSc2nc3ccccc3s2)nc1. The van der Waals surface area contributed by atoms with Gasteiger partial charge in [-0.05, 0) is 30.7 Å². The van der Waals surface area contributed by atoms with Crippen LogP contribution in [0.5, 0.6) is 0 Å². The first kappa shape index (κ1) is 11.7. The Morgan fingerprint density at radius 1 is 1.17 bits per heavy atom. The van der Waals surface area contributed by atoms with Crippen LogP contribution in [0.2, 0.25) is 0 Å². The van der Waals surface area contributed by atoms with Gasteiger partial charge in [-0.25, -0.2) is 4.98 Å². The average Bonchev–Trinajstić information content (AvgIpc) is 2.81. The van der Waals surface area contributed by atoms with Gasteiger partial charge in [0.2, 0.25) is 0 Å². The van der Waals surface area contributed by atoms with Gasteiger partial charge in [-0.15, -0.1) is 11.3 Å². The summed E-state index contributed by atoms with van der Waals surface area (Å²) in [4.78, 5) is 9.00. The highest BCUT2D eigenvalue weighted by Crippen LogP contribution is 2.30. The van der Waals surface area contributed by atoms with Gasteiger partial charge in [-0.2, -0.15) is 0 Å². The van der Waals surface area contributed by atoms with E-state index in [0.29, 0.717) is 0 Å². The maximum Gasteiger partial charge on any atom is 0.151 e. The smallest absolute Gasteiger partial charge is 0.151 e. The van der Waals surface area contributed by atoms with Crippen molar-refractivity contribution < 1.29 is 0 Å². The molecule has 0 radical (unpaired) electrons. The van der Waals surface area contributed by atoms with Crippen LogP contribution in [0.3, 0.4) is 0 Å². The van der Waals surface area contributed by atoms with Crippen LogP contribution in [0.1, 0.15) is 11.3 Å². The zero-order chi connectivity index (χ0) is 12.4. The molecule has 2 heterocycles. The van der Waals surface area contributed by atoms with Crippen molar-refractivity contribution in [2.45, 2.75) is 17.0 Å². The van der Waals surface area contributed by atoms with E-state index in [1.165, 1.54) is 10.3 Å². The van der Waals surface area contributed by atoms with Gasteiger partial charge >= 0.3 is 0 Å². The standard InChI is InChI=1S/C14H12N2S2/c1-10-6-7-11(15-8-10)9-17-14-16-12-4-2-3-5-13(12)18-14/h2-8H,9H2,1H3. The van der Waals surface area contributed by atoms with Crippen LogP contribution in [0, 0.1) is 6.92 Å². The van der Waals surface area contributed by atoms with Crippen molar-refractivity contribution in [2.24, 2.45) is 0 Å². The fourth-order valence-corrected chi connectivity index (χ4v) is 3.62. The second-order valence-corrected chi connectivity index (χ2v) is 6.32. The minimum absolute atomic E-state index is 0.875. The quantitative estimate of drug-likeness (QED) is 0.665. The highest BCUT2D eigenvalue weighted by Gasteiger charge is 2.04. The number of fused-ring (bicyclic) bond motifs is 1. The summed E-state index contributed by atoms with van der Waals surface area (Å²) >= 11 is 3.49. The maximum absolute atomic E-state index is 4.60. The Morgan fingerprint density at radius 2 is 2.06 bits per heavy atom. The van der Waals surface area contributed by atoms with Crippen LogP contribution in [-0.4, -0.2) is 9.97 Å². The van der Waals surface area contributed by atoms with E-state index in [9.17, 15) is 0 Å². The molecule has 4 heteroatoms. The van der Waals surface area contributed by atoms with Gasteiger partial charge in [0.15, 0.2) is 4.34 Å². The molecule has 90 valence electrons. The summed E-state index contributed by atoms with van der Waals surface area (Å²) in [6, 6.07) is 12.4. The molecule has 2 nitrogen and oxygen atoms in total. The number of thiazole rings is 1. The zero-order valence-corrected chi connectivity index (χ0v) is 11.6. The third-order valence-electron chi connectivity index (χ3n) is 2.59. The summed E-state index contributed by atoms with van der Waals surface area (Å²) in [5, 5.41) is 0. The van der Waals surface area contributed by atoms with Crippen molar-refractivity contribution in [3.63, 3.8) is 0 Å². The number of rotatable bonds is 3. The summed E-state index contributed by atoms with van der Waals surface area (Å²) in [6.45, 7) is 2.05.